The first kappa shape index (κ1) is 24.2. The first-order valence-corrected chi connectivity index (χ1v) is 10.9. The summed E-state index contributed by atoms with van der Waals surface area (Å²) in [5, 5.41) is 6.87. The van der Waals surface area contributed by atoms with Gasteiger partial charge in [0.25, 0.3) is 0 Å². The van der Waals surface area contributed by atoms with Gasteiger partial charge >= 0.3 is 0 Å². The van der Waals surface area contributed by atoms with Crippen molar-refractivity contribution in [2.45, 2.75) is 39.7 Å². The second-order valence-corrected chi connectivity index (χ2v) is 7.76. The maximum atomic E-state index is 5.59. The van der Waals surface area contributed by atoms with Gasteiger partial charge in [-0.1, -0.05) is 19.1 Å². The van der Waals surface area contributed by atoms with E-state index < -0.39 is 0 Å². The van der Waals surface area contributed by atoms with Crippen molar-refractivity contribution in [2.75, 3.05) is 59.0 Å². The van der Waals surface area contributed by atoms with E-state index in [1.54, 1.807) is 0 Å². The summed E-state index contributed by atoms with van der Waals surface area (Å²) < 4.78 is 5.59. The van der Waals surface area contributed by atoms with Crippen molar-refractivity contribution >= 4 is 29.9 Å². The largest absolute Gasteiger partial charge is 0.493 e. The number of hydrogen-bond donors (Lipinski definition) is 2. The average molecular weight is 515 g/mol. The Bertz CT molecular complexity index is 646. The Labute approximate surface area is 193 Å². The van der Waals surface area contributed by atoms with Gasteiger partial charge in [0.15, 0.2) is 5.96 Å². The Kier molecular flexibility index (Phi) is 10.5. The molecule has 1 aromatic carbocycles. The highest BCUT2D eigenvalue weighted by molar-refractivity contribution is 14.0. The molecule has 1 fully saturated rings. The van der Waals surface area contributed by atoms with E-state index in [1.807, 2.05) is 0 Å². The van der Waals surface area contributed by atoms with Crippen molar-refractivity contribution in [1.29, 1.82) is 0 Å². The number of guanidine groups is 1. The summed E-state index contributed by atoms with van der Waals surface area (Å²) in [5.74, 6) is 1.98. The van der Waals surface area contributed by atoms with Crippen LogP contribution in [-0.2, 0) is 12.8 Å². The molecule has 29 heavy (non-hydrogen) atoms. The van der Waals surface area contributed by atoms with E-state index in [2.05, 4.69) is 59.4 Å². The van der Waals surface area contributed by atoms with Crippen LogP contribution >= 0.6 is 24.0 Å². The van der Waals surface area contributed by atoms with E-state index in [0.29, 0.717) is 6.04 Å². The summed E-state index contributed by atoms with van der Waals surface area (Å²) in [4.78, 5) is 9.91. The SMILES string of the molecule is CCNC(=NCC(C)N1CCN(CC)CC1)NCCc1ccc2c(c1)CCO2.I. The Morgan fingerprint density at radius 2 is 1.97 bits per heavy atom. The Balaban J connectivity index is 0.00000300. The number of aliphatic imine (C=N–C) groups is 1. The van der Waals surface area contributed by atoms with Gasteiger partial charge in [-0.05, 0) is 44.0 Å². The Morgan fingerprint density at radius 1 is 1.17 bits per heavy atom. The molecule has 1 atom stereocenters. The topological polar surface area (TPSA) is 52.1 Å². The lowest BCUT2D eigenvalue weighted by molar-refractivity contribution is 0.109. The molecule has 2 aliphatic rings. The van der Waals surface area contributed by atoms with Crippen LogP contribution in [0.25, 0.3) is 0 Å². The van der Waals surface area contributed by atoms with Crippen LogP contribution in [0, 0.1) is 0 Å². The maximum Gasteiger partial charge on any atom is 0.191 e. The summed E-state index contributed by atoms with van der Waals surface area (Å²) >= 11 is 0. The summed E-state index contributed by atoms with van der Waals surface area (Å²) in [6, 6.07) is 7.04. The number of likely N-dealkylation sites (N-methyl/N-ethyl adjacent to an activating group) is 1. The standard InChI is InChI=1S/C22H37N5O.HI/c1-4-23-22(25-17-18(3)27-13-11-26(5-2)12-14-27)24-10-8-19-6-7-21-20(16-19)9-15-28-21;/h6-7,16,18H,4-5,8-15,17H2,1-3H3,(H2,23,24,25);1H. The lowest BCUT2D eigenvalue weighted by Gasteiger charge is -2.37. The van der Waals surface area contributed by atoms with Gasteiger partial charge < -0.3 is 20.3 Å². The smallest absolute Gasteiger partial charge is 0.191 e. The second-order valence-electron chi connectivity index (χ2n) is 7.76. The predicted molar refractivity (Wildman–Crippen MR) is 132 cm³/mol. The molecule has 1 aromatic rings. The zero-order valence-electron chi connectivity index (χ0n) is 18.2. The normalized spacial score (nSPS) is 18.5. The molecular weight excluding hydrogens is 477 g/mol. The van der Waals surface area contributed by atoms with Crippen molar-refractivity contribution in [3.05, 3.63) is 29.3 Å². The fourth-order valence-corrected chi connectivity index (χ4v) is 3.92. The molecule has 6 nitrogen and oxygen atoms in total. The quantitative estimate of drug-likeness (QED) is 0.317. The molecule has 164 valence electrons. The molecule has 1 unspecified atom stereocenters. The lowest BCUT2D eigenvalue weighted by atomic mass is 10.1. The molecule has 0 saturated carbocycles. The maximum absolute atomic E-state index is 5.59. The molecule has 1 saturated heterocycles. The van der Waals surface area contributed by atoms with Crippen LogP contribution in [0.4, 0.5) is 0 Å². The molecule has 2 N–H and O–H groups in total. The minimum Gasteiger partial charge on any atom is -0.493 e. The van der Waals surface area contributed by atoms with Gasteiger partial charge in [-0.15, -0.1) is 24.0 Å². The van der Waals surface area contributed by atoms with Crippen LogP contribution in [0.2, 0.25) is 0 Å². The van der Waals surface area contributed by atoms with Gasteiger partial charge in [0.2, 0.25) is 0 Å². The monoisotopic (exact) mass is 515 g/mol. The third-order valence-electron chi connectivity index (χ3n) is 5.80. The molecule has 2 aliphatic heterocycles. The van der Waals surface area contributed by atoms with Gasteiger partial charge in [0, 0.05) is 51.7 Å². The summed E-state index contributed by atoms with van der Waals surface area (Å²) in [6.07, 6.45) is 2.03. The van der Waals surface area contributed by atoms with Gasteiger partial charge in [0.1, 0.15) is 5.75 Å². The zero-order valence-corrected chi connectivity index (χ0v) is 20.6. The van der Waals surface area contributed by atoms with Crippen LogP contribution in [0.3, 0.4) is 0 Å². The molecule has 3 rings (SSSR count). The number of piperazine rings is 1. The van der Waals surface area contributed by atoms with Crippen LogP contribution in [0.15, 0.2) is 23.2 Å². The summed E-state index contributed by atoms with van der Waals surface area (Å²) in [6.45, 7) is 15.9. The lowest BCUT2D eigenvalue weighted by Crippen LogP contribution is -2.50. The van der Waals surface area contributed by atoms with Gasteiger partial charge in [-0.3, -0.25) is 9.89 Å². The third-order valence-corrected chi connectivity index (χ3v) is 5.80. The molecule has 0 aliphatic carbocycles. The van der Waals surface area contributed by atoms with Crippen LogP contribution in [-0.4, -0.2) is 80.8 Å². The van der Waals surface area contributed by atoms with E-state index in [9.17, 15) is 0 Å². The number of rotatable bonds is 8. The molecule has 0 radical (unpaired) electrons. The number of fused-ring (bicyclic) bond motifs is 1. The average Bonchev–Trinajstić information content (AvgIpc) is 3.19. The van der Waals surface area contributed by atoms with E-state index in [-0.39, 0.29) is 24.0 Å². The molecule has 2 heterocycles. The van der Waals surface area contributed by atoms with E-state index in [0.717, 1.165) is 70.4 Å². The number of nitrogens with zero attached hydrogens (tertiary/aromatic N) is 3. The zero-order chi connectivity index (χ0) is 19.8. The molecular formula is C22H38IN5O. The highest BCUT2D eigenvalue weighted by Crippen LogP contribution is 2.25. The van der Waals surface area contributed by atoms with Crippen LogP contribution in [0.5, 0.6) is 5.75 Å². The Morgan fingerprint density at radius 3 is 2.69 bits per heavy atom. The fraction of sp³-hybridized carbons (Fsp3) is 0.682. The fourth-order valence-electron chi connectivity index (χ4n) is 3.92. The van der Waals surface area contributed by atoms with Crippen molar-refractivity contribution < 1.29 is 4.74 Å². The van der Waals surface area contributed by atoms with E-state index in [1.165, 1.54) is 24.2 Å². The highest BCUT2D eigenvalue weighted by atomic mass is 127. The molecule has 7 heteroatoms. The number of halogens is 1. The summed E-state index contributed by atoms with van der Waals surface area (Å²) in [5.41, 5.74) is 2.70. The first-order valence-electron chi connectivity index (χ1n) is 10.9. The first-order chi connectivity index (χ1) is 13.7. The van der Waals surface area contributed by atoms with Gasteiger partial charge in [-0.25, -0.2) is 0 Å². The molecule has 0 amide bonds. The number of hydrogen-bond acceptors (Lipinski definition) is 4. The number of nitrogens with one attached hydrogen (secondary N) is 2. The predicted octanol–water partition coefficient (Wildman–Crippen LogP) is 2.36. The van der Waals surface area contributed by atoms with Crippen molar-refractivity contribution in [1.82, 2.24) is 20.4 Å². The third kappa shape index (κ3) is 7.29. The molecule has 0 bridgehead atoms. The minimum atomic E-state index is 0. The van der Waals surface area contributed by atoms with E-state index in [4.69, 9.17) is 9.73 Å². The van der Waals surface area contributed by atoms with E-state index >= 15 is 0 Å². The number of ether oxygens (including phenoxy) is 1. The van der Waals surface area contributed by atoms with Crippen LogP contribution in [0.1, 0.15) is 31.9 Å². The molecule has 0 aromatic heterocycles. The Hall–Kier alpha value is -1.06. The van der Waals surface area contributed by atoms with Gasteiger partial charge in [-0.2, -0.15) is 0 Å². The van der Waals surface area contributed by atoms with Crippen LogP contribution < -0.4 is 15.4 Å². The summed E-state index contributed by atoms with van der Waals surface area (Å²) in [7, 11) is 0. The van der Waals surface area contributed by atoms with Gasteiger partial charge in [0.05, 0.1) is 13.2 Å². The van der Waals surface area contributed by atoms with Crippen molar-refractivity contribution in [3.63, 3.8) is 0 Å². The number of benzene rings is 1. The van der Waals surface area contributed by atoms with Crippen molar-refractivity contribution in [2.24, 2.45) is 4.99 Å². The second kappa shape index (κ2) is 12.6. The molecule has 0 spiro atoms. The highest BCUT2D eigenvalue weighted by Gasteiger charge is 2.20. The van der Waals surface area contributed by atoms with Crippen molar-refractivity contribution in [3.8, 4) is 5.75 Å². The minimum absolute atomic E-state index is 0.